The Hall–Kier alpha value is -3.43. The third-order valence-electron chi connectivity index (χ3n) is 6.50. The zero-order valence-corrected chi connectivity index (χ0v) is 21.2. The molecule has 35 heavy (non-hydrogen) atoms. The smallest absolute Gasteiger partial charge is 0.204 e. The lowest BCUT2D eigenvalue weighted by Crippen LogP contribution is -2.31. The number of benzene rings is 2. The molecular formula is C26H27BrN8. The number of para-hydroxylation sites is 2. The molecule has 0 saturated heterocycles. The Labute approximate surface area is 214 Å². The Morgan fingerprint density at radius 3 is 2.69 bits per heavy atom. The van der Waals surface area contributed by atoms with Crippen molar-refractivity contribution in [2.75, 3.05) is 0 Å². The SMILES string of the molecule is Br.Cn1nnc(-c2ccc(CN(Cc3nc4ccccc4[nH]3)C3CCCc4cccnc43)cc2)n1. The van der Waals surface area contributed by atoms with E-state index in [1.807, 2.05) is 24.4 Å². The molecule has 0 saturated carbocycles. The minimum atomic E-state index is 0. The van der Waals surface area contributed by atoms with Crippen molar-refractivity contribution < 1.29 is 0 Å². The van der Waals surface area contributed by atoms with Crippen LogP contribution in [0.25, 0.3) is 22.4 Å². The van der Waals surface area contributed by atoms with Crippen molar-refractivity contribution in [3.63, 3.8) is 0 Å². The van der Waals surface area contributed by atoms with Gasteiger partial charge in [-0.2, -0.15) is 4.80 Å². The highest BCUT2D eigenvalue weighted by Crippen LogP contribution is 2.35. The lowest BCUT2D eigenvalue weighted by atomic mass is 9.90. The molecule has 5 aromatic rings. The van der Waals surface area contributed by atoms with Gasteiger partial charge in [-0.1, -0.05) is 42.5 Å². The van der Waals surface area contributed by atoms with E-state index in [0.29, 0.717) is 5.82 Å². The van der Waals surface area contributed by atoms with Crippen LogP contribution < -0.4 is 0 Å². The summed E-state index contributed by atoms with van der Waals surface area (Å²) < 4.78 is 0. The number of pyridine rings is 1. The van der Waals surface area contributed by atoms with Gasteiger partial charge in [-0.05, 0) is 53.8 Å². The standard InChI is InChI=1S/C26H26N8.BrH/c1-33-31-26(30-32-33)20-13-11-18(12-14-20)16-34(17-24-28-21-8-2-3-9-22(21)29-24)23-10-4-6-19-7-5-15-27-25(19)23;/h2-3,5,7-9,11-15,23H,4,6,10,16-17H2,1H3,(H,28,29);1H. The van der Waals surface area contributed by atoms with Crippen molar-refractivity contribution in [3.05, 3.63) is 89.5 Å². The highest BCUT2D eigenvalue weighted by molar-refractivity contribution is 8.93. The molecule has 6 rings (SSSR count). The van der Waals surface area contributed by atoms with Crippen LogP contribution in [-0.2, 0) is 26.6 Å². The predicted octanol–water partition coefficient (Wildman–Crippen LogP) is 4.81. The van der Waals surface area contributed by atoms with Gasteiger partial charge in [0.15, 0.2) is 0 Å². The first-order valence-electron chi connectivity index (χ1n) is 11.7. The average Bonchev–Trinajstić information content (AvgIpc) is 3.49. The largest absolute Gasteiger partial charge is 0.341 e. The van der Waals surface area contributed by atoms with Gasteiger partial charge in [0.05, 0.1) is 36.4 Å². The van der Waals surface area contributed by atoms with Crippen LogP contribution in [0.5, 0.6) is 0 Å². The molecule has 1 N–H and O–H groups in total. The molecule has 0 fully saturated rings. The molecule has 0 aliphatic heterocycles. The van der Waals surface area contributed by atoms with Gasteiger partial charge in [0.2, 0.25) is 5.82 Å². The molecule has 8 nitrogen and oxygen atoms in total. The number of hydrogen-bond acceptors (Lipinski definition) is 6. The number of hydrogen-bond donors (Lipinski definition) is 1. The minimum Gasteiger partial charge on any atom is -0.341 e. The summed E-state index contributed by atoms with van der Waals surface area (Å²) in [5, 5.41) is 12.4. The highest BCUT2D eigenvalue weighted by atomic mass is 79.9. The highest BCUT2D eigenvalue weighted by Gasteiger charge is 2.28. The van der Waals surface area contributed by atoms with Crippen LogP contribution in [0.3, 0.4) is 0 Å². The maximum atomic E-state index is 4.86. The van der Waals surface area contributed by atoms with Crippen LogP contribution >= 0.6 is 17.0 Å². The number of tetrazole rings is 1. The first-order valence-corrected chi connectivity index (χ1v) is 11.7. The summed E-state index contributed by atoms with van der Waals surface area (Å²) in [5.41, 5.74) is 6.82. The molecule has 1 unspecified atom stereocenters. The molecule has 3 heterocycles. The van der Waals surface area contributed by atoms with Gasteiger partial charge in [0, 0.05) is 18.3 Å². The lowest BCUT2D eigenvalue weighted by Gasteiger charge is -2.34. The second kappa shape index (κ2) is 10.1. The third-order valence-corrected chi connectivity index (χ3v) is 6.50. The van der Waals surface area contributed by atoms with Gasteiger partial charge in [0.25, 0.3) is 0 Å². The lowest BCUT2D eigenvalue weighted by molar-refractivity contribution is 0.153. The third kappa shape index (κ3) is 4.87. The Morgan fingerprint density at radius 2 is 1.89 bits per heavy atom. The minimum absolute atomic E-state index is 0. The van der Waals surface area contributed by atoms with E-state index in [0.717, 1.165) is 54.8 Å². The number of H-pyrrole nitrogens is 1. The van der Waals surface area contributed by atoms with Crippen molar-refractivity contribution in [2.24, 2.45) is 7.05 Å². The second-order valence-corrected chi connectivity index (χ2v) is 8.86. The van der Waals surface area contributed by atoms with E-state index >= 15 is 0 Å². The van der Waals surface area contributed by atoms with Gasteiger partial charge in [-0.15, -0.1) is 27.2 Å². The second-order valence-electron chi connectivity index (χ2n) is 8.86. The molecule has 1 atom stereocenters. The number of aromatic nitrogens is 7. The summed E-state index contributed by atoms with van der Waals surface area (Å²) >= 11 is 0. The van der Waals surface area contributed by atoms with E-state index in [4.69, 9.17) is 9.97 Å². The molecule has 1 aliphatic rings. The topological polar surface area (TPSA) is 88.4 Å². The molecule has 0 radical (unpaired) electrons. The predicted molar refractivity (Wildman–Crippen MR) is 140 cm³/mol. The van der Waals surface area contributed by atoms with E-state index in [2.05, 4.69) is 67.8 Å². The van der Waals surface area contributed by atoms with Crippen molar-refractivity contribution >= 4 is 28.0 Å². The van der Waals surface area contributed by atoms with Crippen LogP contribution in [0, 0.1) is 0 Å². The summed E-state index contributed by atoms with van der Waals surface area (Å²) in [7, 11) is 1.77. The summed E-state index contributed by atoms with van der Waals surface area (Å²) in [6.07, 6.45) is 5.26. The van der Waals surface area contributed by atoms with E-state index in [-0.39, 0.29) is 23.0 Å². The molecule has 2 aromatic carbocycles. The van der Waals surface area contributed by atoms with Crippen LogP contribution in [0.15, 0.2) is 66.9 Å². The normalized spacial score (nSPS) is 15.2. The number of rotatable bonds is 6. The Balaban J connectivity index is 0.00000253. The van der Waals surface area contributed by atoms with E-state index in [9.17, 15) is 0 Å². The van der Waals surface area contributed by atoms with Crippen molar-refractivity contribution in [3.8, 4) is 11.4 Å². The summed E-state index contributed by atoms with van der Waals surface area (Å²) in [6, 6.07) is 21.1. The van der Waals surface area contributed by atoms with E-state index in [1.165, 1.54) is 21.6 Å². The summed E-state index contributed by atoms with van der Waals surface area (Å²) in [5.74, 6) is 1.61. The molecule has 178 valence electrons. The first-order chi connectivity index (χ1) is 16.7. The van der Waals surface area contributed by atoms with Gasteiger partial charge < -0.3 is 4.98 Å². The zero-order valence-electron chi connectivity index (χ0n) is 19.5. The molecule has 0 amide bonds. The fraction of sp³-hybridized carbons (Fsp3) is 0.269. The van der Waals surface area contributed by atoms with Crippen molar-refractivity contribution in [1.82, 2.24) is 40.1 Å². The maximum absolute atomic E-state index is 4.86. The molecule has 1 aliphatic carbocycles. The Morgan fingerprint density at radius 1 is 1.03 bits per heavy atom. The van der Waals surface area contributed by atoms with Crippen LogP contribution in [0.2, 0.25) is 0 Å². The monoisotopic (exact) mass is 530 g/mol. The van der Waals surface area contributed by atoms with Gasteiger partial charge in [0.1, 0.15) is 5.82 Å². The molecule has 0 bridgehead atoms. The van der Waals surface area contributed by atoms with Crippen molar-refractivity contribution in [2.45, 2.75) is 38.4 Å². The number of imidazole rings is 1. The van der Waals surface area contributed by atoms with Gasteiger partial charge >= 0.3 is 0 Å². The first kappa shape index (κ1) is 23.3. The summed E-state index contributed by atoms with van der Waals surface area (Å²) in [4.78, 5) is 17.1. The van der Waals surface area contributed by atoms with Crippen LogP contribution in [0.4, 0.5) is 0 Å². The van der Waals surface area contributed by atoms with Crippen molar-refractivity contribution in [1.29, 1.82) is 0 Å². The van der Waals surface area contributed by atoms with Gasteiger partial charge in [-0.25, -0.2) is 4.98 Å². The number of fused-ring (bicyclic) bond motifs is 2. The maximum Gasteiger partial charge on any atom is 0.204 e. The fourth-order valence-electron chi connectivity index (χ4n) is 4.88. The Kier molecular flexibility index (Phi) is 6.70. The Bertz CT molecular complexity index is 1390. The number of aromatic amines is 1. The number of nitrogens with one attached hydrogen (secondary N) is 1. The fourth-order valence-corrected chi connectivity index (χ4v) is 4.88. The number of halogens is 1. The van der Waals surface area contributed by atoms with Crippen LogP contribution in [-0.4, -0.2) is 40.1 Å². The quantitative estimate of drug-likeness (QED) is 0.339. The summed E-state index contributed by atoms with van der Waals surface area (Å²) in [6.45, 7) is 1.52. The van der Waals surface area contributed by atoms with Gasteiger partial charge in [-0.3, -0.25) is 9.88 Å². The van der Waals surface area contributed by atoms with E-state index in [1.54, 1.807) is 7.05 Å². The number of aryl methyl sites for hydroxylation is 2. The van der Waals surface area contributed by atoms with Crippen LogP contribution in [0.1, 0.15) is 41.5 Å². The molecule has 9 heteroatoms. The zero-order chi connectivity index (χ0) is 22.9. The molecule has 3 aromatic heterocycles. The van der Waals surface area contributed by atoms with E-state index < -0.39 is 0 Å². The molecular weight excluding hydrogens is 504 g/mol. The average molecular weight is 531 g/mol. The number of nitrogens with zero attached hydrogens (tertiary/aromatic N) is 7. The molecule has 0 spiro atoms.